The van der Waals surface area contributed by atoms with Gasteiger partial charge in [-0.15, -0.1) is 0 Å². The van der Waals surface area contributed by atoms with Gasteiger partial charge in [-0.3, -0.25) is 0 Å². The number of esters is 1. The molecule has 2 aromatic heterocycles. The van der Waals surface area contributed by atoms with Gasteiger partial charge in [-0.2, -0.15) is 0 Å². The lowest BCUT2D eigenvalue weighted by Gasteiger charge is -2.22. The Morgan fingerprint density at radius 3 is 2.53 bits per heavy atom. The molecule has 0 aliphatic heterocycles. The molecule has 100 valence electrons. The number of hydrogen-bond acceptors (Lipinski definition) is 5. The average Bonchev–Trinajstić information content (AvgIpc) is 2.92. The van der Waals surface area contributed by atoms with Crippen LogP contribution in [0.5, 0.6) is 0 Å². The highest BCUT2D eigenvalue weighted by Gasteiger charge is 2.29. The number of rotatable bonds is 4. The lowest BCUT2D eigenvalue weighted by Crippen LogP contribution is -2.41. The van der Waals surface area contributed by atoms with Crippen molar-refractivity contribution in [1.82, 2.24) is 15.0 Å². The molecule has 0 amide bonds. The molecule has 0 aliphatic carbocycles. The highest BCUT2D eigenvalue weighted by atomic mass is 16.5. The van der Waals surface area contributed by atoms with Crippen molar-refractivity contribution in [3.63, 3.8) is 0 Å². The van der Waals surface area contributed by atoms with Gasteiger partial charge in [-0.25, -0.2) is 14.8 Å². The Labute approximate surface area is 111 Å². The van der Waals surface area contributed by atoms with Crippen LogP contribution < -0.4 is 5.32 Å². The Balaban J connectivity index is 2.13. The van der Waals surface area contributed by atoms with E-state index < -0.39 is 5.54 Å². The van der Waals surface area contributed by atoms with E-state index in [9.17, 15) is 4.79 Å². The number of aromatic amines is 1. The molecule has 2 rings (SSSR count). The van der Waals surface area contributed by atoms with Crippen LogP contribution in [-0.2, 0) is 9.53 Å². The Kier molecular flexibility index (Phi) is 3.50. The molecule has 19 heavy (non-hydrogen) atoms. The number of carbonyl (C=O) groups excluding carboxylic acids is 1. The van der Waals surface area contributed by atoms with Crippen LogP contribution in [0.15, 0.2) is 30.9 Å². The summed E-state index contributed by atoms with van der Waals surface area (Å²) in [5.41, 5.74) is 1.05. The van der Waals surface area contributed by atoms with Crippen LogP contribution in [-0.4, -0.2) is 33.6 Å². The van der Waals surface area contributed by atoms with Crippen molar-refractivity contribution < 1.29 is 9.53 Å². The number of H-pyrrole nitrogens is 1. The van der Waals surface area contributed by atoms with E-state index >= 15 is 0 Å². The van der Waals surface area contributed by atoms with Crippen LogP contribution in [0.25, 0.3) is 11.1 Å². The van der Waals surface area contributed by atoms with E-state index in [1.54, 1.807) is 26.2 Å². The van der Waals surface area contributed by atoms with Crippen molar-refractivity contribution in [2.24, 2.45) is 0 Å². The van der Waals surface area contributed by atoms with Gasteiger partial charge in [0.2, 0.25) is 5.95 Å². The van der Waals surface area contributed by atoms with E-state index in [2.05, 4.69) is 20.3 Å². The molecule has 2 aromatic rings. The standard InChI is InChI=1S/C13H16N4O2/c1-13(2,11(18)19-3)17-12-15-7-10(8-16-12)9-4-5-14-6-9/h4-8,14H,1-3H3,(H,15,16,17). The summed E-state index contributed by atoms with van der Waals surface area (Å²) in [7, 11) is 1.35. The SMILES string of the molecule is COC(=O)C(C)(C)Nc1ncc(-c2cc[nH]c2)cn1. The Morgan fingerprint density at radius 2 is 2.00 bits per heavy atom. The van der Waals surface area contributed by atoms with E-state index in [4.69, 9.17) is 4.74 Å². The fraction of sp³-hybridized carbons (Fsp3) is 0.308. The Hall–Kier alpha value is -2.37. The van der Waals surface area contributed by atoms with Crippen LogP contribution in [0.3, 0.4) is 0 Å². The van der Waals surface area contributed by atoms with Gasteiger partial charge in [0.1, 0.15) is 5.54 Å². The van der Waals surface area contributed by atoms with Gasteiger partial charge >= 0.3 is 5.97 Å². The van der Waals surface area contributed by atoms with Gasteiger partial charge in [0.05, 0.1) is 7.11 Å². The van der Waals surface area contributed by atoms with Gasteiger partial charge in [-0.05, 0) is 19.9 Å². The van der Waals surface area contributed by atoms with Gasteiger partial charge in [0.15, 0.2) is 0 Å². The molecule has 0 bridgehead atoms. The van der Waals surface area contributed by atoms with Crippen LogP contribution in [0.2, 0.25) is 0 Å². The largest absolute Gasteiger partial charge is 0.467 e. The highest BCUT2D eigenvalue weighted by molar-refractivity contribution is 5.82. The number of aromatic nitrogens is 3. The molecular weight excluding hydrogens is 244 g/mol. The first-order valence-corrected chi connectivity index (χ1v) is 5.85. The Bertz CT molecular complexity index is 547. The smallest absolute Gasteiger partial charge is 0.330 e. The van der Waals surface area contributed by atoms with Crippen molar-refractivity contribution in [1.29, 1.82) is 0 Å². The summed E-state index contributed by atoms with van der Waals surface area (Å²) >= 11 is 0. The maximum atomic E-state index is 11.5. The molecule has 0 atom stereocenters. The third-order valence-corrected chi connectivity index (χ3v) is 2.70. The summed E-state index contributed by atoms with van der Waals surface area (Å²) in [6.45, 7) is 3.42. The van der Waals surface area contributed by atoms with Gasteiger partial charge in [-0.1, -0.05) is 0 Å². The number of methoxy groups -OCH3 is 1. The number of carbonyl (C=O) groups is 1. The third kappa shape index (κ3) is 2.90. The fourth-order valence-corrected chi connectivity index (χ4v) is 1.63. The quantitative estimate of drug-likeness (QED) is 0.820. The summed E-state index contributed by atoms with van der Waals surface area (Å²) in [5.74, 6) is 0.0143. The summed E-state index contributed by atoms with van der Waals surface area (Å²) in [6.07, 6.45) is 7.10. The molecule has 0 aromatic carbocycles. The summed E-state index contributed by atoms with van der Waals surface area (Å²) in [6, 6.07) is 1.93. The number of nitrogens with one attached hydrogen (secondary N) is 2. The van der Waals surface area contributed by atoms with Crippen molar-refractivity contribution in [2.75, 3.05) is 12.4 Å². The summed E-state index contributed by atoms with van der Waals surface area (Å²) in [4.78, 5) is 22.9. The fourth-order valence-electron chi connectivity index (χ4n) is 1.63. The van der Waals surface area contributed by atoms with Gasteiger partial charge in [0, 0.05) is 35.9 Å². The minimum absolute atomic E-state index is 0.370. The minimum atomic E-state index is -0.871. The second kappa shape index (κ2) is 5.09. The predicted molar refractivity (Wildman–Crippen MR) is 71.5 cm³/mol. The first-order chi connectivity index (χ1) is 9.03. The maximum absolute atomic E-state index is 11.5. The molecule has 6 nitrogen and oxygen atoms in total. The monoisotopic (exact) mass is 260 g/mol. The summed E-state index contributed by atoms with van der Waals surface area (Å²) in [5, 5.41) is 2.94. The molecule has 0 aliphatic rings. The van der Waals surface area contributed by atoms with E-state index in [0.29, 0.717) is 5.95 Å². The second-order valence-electron chi connectivity index (χ2n) is 4.64. The molecule has 2 N–H and O–H groups in total. The third-order valence-electron chi connectivity index (χ3n) is 2.70. The zero-order chi connectivity index (χ0) is 13.9. The van der Waals surface area contributed by atoms with Gasteiger partial charge in [0.25, 0.3) is 0 Å². The number of hydrogen-bond donors (Lipinski definition) is 2. The van der Waals surface area contributed by atoms with Crippen molar-refractivity contribution in [3.8, 4) is 11.1 Å². The zero-order valence-corrected chi connectivity index (χ0v) is 11.1. The normalized spacial score (nSPS) is 11.1. The van der Waals surface area contributed by atoms with Crippen molar-refractivity contribution in [2.45, 2.75) is 19.4 Å². The lowest BCUT2D eigenvalue weighted by atomic mass is 10.1. The van der Waals surface area contributed by atoms with E-state index in [-0.39, 0.29) is 5.97 Å². The van der Waals surface area contributed by atoms with Crippen LogP contribution in [0, 0.1) is 0 Å². The van der Waals surface area contributed by atoms with Crippen LogP contribution in [0.1, 0.15) is 13.8 Å². The topological polar surface area (TPSA) is 79.9 Å². The van der Waals surface area contributed by atoms with Crippen molar-refractivity contribution in [3.05, 3.63) is 30.9 Å². The predicted octanol–water partition coefficient (Wildman–Crippen LogP) is 1.84. The zero-order valence-electron chi connectivity index (χ0n) is 11.1. The van der Waals surface area contributed by atoms with E-state index in [1.807, 2.05) is 18.5 Å². The second-order valence-corrected chi connectivity index (χ2v) is 4.64. The molecule has 0 saturated heterocycles. The molecular formula is C13H16N4O2. The molecule has 6 heteroatoms. The number of ether oxygens (including phenoxy) is 1. The number of nitrogens with zero attached hydrogens (tertiary/aromatic N) is 2. The van der Waals surface area contributed by atoms with Crippen LogP contribution >= 0.6 is 0 Å². The lowest BCUT2D eigenvalue weighted by molar-refractivity contribution is -0.144. The Morgan fingerprint density at radius 1 is 1.32 bits per heavy atom. The average molecular weight is 260 g/mol. The summed E-state index contributed by atoms with van der Waals surface area (Å²) < 4.78 is 4.71. The molecule has 0 radical (unpaired) electrons. The van der Waals surface area contributed by atoms with Gasteiger partial charge < -0.3 is 15.0 Å². The molecule has 0 unspecified atom stereocenters. The van der Waals surface area contributed by atoms with E-state index in [1.165, 1.54) is 7.11 Å². The molecule has 0 spiro atoms. The maximum Gasteiger partial charge on any atom is 0.330 e. The van der Waals surface area contributed by atoms with E-state index in [0.717, 1.165) is 11.1 Å². The first-order valence-electron chi connectivity index (χ1n) is 5.85. The number of anilines is 1. The molecule has 2 heterocycles. The van der Waals surface area contributed by atoms with Crippen LogP contribution in [0.4, 0.5) is 5.95 Å². The molecule has 0 fully saturated rings. The minimum Gasteiger partial charge on any atom is -0.467 e. The first kappa shape index (κ1) is 13.1. The van der Waals surface area contributed by atoms with Crippen molar-refractivity contribution >= 4 is 11.9 Å². The highest BCUT2D eigenvalue weighted by Crippen LogP contribution is 2.18. The molecule has 0 saturated carbocycles.